The molecule has 0 saturated heterocycles. The van der Waals surface area contributed by atoms with Crippen molar-refractivity contribution in [1.82, 2.24) is 15.3 Å². The van der Waals surface area contributed by atoms with Crippen molar-refractivity contribution in [3.63, 3.8) is 0 Å². The average molecular weight is 424 g/mol. The van der Waals surface area contributed by atoms with E-state index in [4.69, 9.17) is 4.74 Å². The summed E-state index contributed by atoms with van der Waals surface area (Å²) in [5.74, 6) is 0.431. The lowest BCUT2D eigenvalue weighted by molar-refractivity contribution is 0.0940. The summed E-state index contributed by atoms with van der Waals surface area (Å²) in [4.78, 5) is 21.2. The standard InChI is InChI=1S/C27H25N3O2/c1-18-8-10-21(11-9-18)20(3)30-26(31)22-12-14-24(15-13-22)32-27-28-16-23(17-29-27)25-7-5-4-6-19(25)2/h4-17,20H,1-3H3,(H,30,31)/t20-/m1/s1. The lowest BCUT2D eigenvalue weighted by Gasteiger charge is -2.15. The predicted molar refractivity (Wildman–Crippen MR) is 126 cm³/mol. The second kappa shape index (κ2) is 9.43. The average Bonchev–Trinajstić information content (AvgIpc) is 2.81. The summed E-state index contributed by atoms with van der Waals surface area (Å²) in [6.07, 6.45) is 3.50. The van der Waals surface area contributed by atoms with Crippen LogP contribution < -0.4 is 10.1 Å². The Morgan fingerprint density at radius 1 is 0.875 bits per heavy atom. The van der Waals surface area contributed by atoms with E-state index in [1.807, 2.05) is 56.3 Å². The quantitative estimate of drug-likeness (QED) is 0.410. The van der Waals surface area contributed by atoms with Crippen LogP contribution in [-0.4, -0.2) is 15.9 Å². The van der Waals surface area contributed by atoms with E-state index < -0.39 is 0 Å². The summed E-state index contributed by atoms with van der Waals surface area (Å²) in [5.41, 5.74) is 6.01. The van der Waals surface area contributed by atoms with Crippen LogP contribution in [0.3, 0.4) is 0 Å². The number of aromatic nitrogens is 2. The molecule has 1 heterocycles. The van der Waals surface area contributed by atoms with Gasteiger partial charge in [0.2, 0.25) is 0 Å². The van der Waals surface area contributed by atoms with Crippen LogP contribution >= 0.6 is 0 Å². The monoisotopic (exact) mass is 423 g/mol. The summed E-state index contributed by atoms with van der Waals surface area (Å²) in [5, 5.41) is 3.02. The van der Waals surface area contributed by atoms with Crippen molar-refractivity contribution in [3.8, 4) is 22.9 Å². The van der Waals surface area contributed by atoms with Gasteiger partial charge in [0.25, 0.3) is 5.91 Å². The molecule has 0 radical (unpaired) electrons. The first kappa shape index (κ1) is 21.2. The number of rotatable bonds is 6. The molecule has 1 N–H and O–H groups in total. The molecule has 1 amide bonds. The van der Waals surface area contributed by atoms with Crippen LogP contribution in [0.25, 0.3) is 11.1 Å². The van der Waals surface area contributed by atoms with Gasteiger partial charge in [0.05, 0.1) is 6.04 Å². The molecule has 0 aliphatic carbocycles. The molecule has 32 heavy (non-hydrogen) atoms. The number of amides is 1. The van der Waals surface area contributed by atoms with Gasteiger partial charge < -0.3 is 10.1 Å². The van der Waals surface area contributed by atoms with E-state index in [-0.39, 0.29) is 18.0 Å². The van der Waals surface area contributed by atoms with Gasteiger partial charge in [0.15, 0.2) is 0 Å². The van der Waals surface area contributed by atoms with E-state index in [0.717, 1.165) is 22.3 Å². The molecule has 4 aromatic rings. The number of carbonyl (C=O) groups excluding carboxylic acids is 1. The van der Waals surface area contributed by atoms with Crippen molar-refractivity contribution in [2.24, 2.45) is 0 Å². The third kappa shape index (κ3) is 5.01. The lowest BCUT2D eigenvalue weighted by atomic mass is 10.0. The Morgan fingerprint density at radius 3 is 2.19 bits per heavy atom. The van der Waals surface area contributed by atoms with Crippen molar-refractivity contribution in [2.75, 3.05) is 0 Å². The number of ether oxygens (including phenoxy) is 1. The fraction of sp³-hybridized carbons (Fsp3) is 0.148. The van der Waals surface area contributed by atoms with Gasteiger partial charge in [-0.15, -0.1) is 0 Å². The van der Waals surface area contributed by atoms with E-state index in [1.54, 1.807) is 36.7 Å². The van der Waals surface area contributed by atoms with Gasteiger partial charge >= 0.3 is 6.01 Å². The van der Waals surface area contributed by atoms with E-state index in [1.165, 1.54) is 5.56 Å². The summed E-state index contributed by atoms with van der Waals surface area (Å²) in [6.45, 7) is 6.07. The highest BCUT2D eigenvalue weighted by Crippen LogP contribution is 2.24. The fourth-order valence-electron chi connectivity index (χ4n) is 3.40. The van der Waals surface area contributed by atoms with Gasteiger partial charge in [-0.1, -0.05) is 54.1 Å². The zero-order chi connectivity index (χ0) is 22.5. The van der Waals surface area contributed by atoms with Gasteiger partial charge in [-0.2, -0.15) is 0 Å². The van der Waals surface area contributed by atoms with Crippen LogP contribution in [0.4, 0.5) is 0 Å². The van der Waals surface area contributed by atoms with Crippen LogP contribution in [-0.2, 0) is 0 Å². The molecule has 5 nitrogen and oxygen atoms in total. The zero-order valence-corrected chi connectivity index (χ0v) is 18.4. The van der Waals surface area contributed by atoms with Crippen LogP contribution in [0.2, 0.25) is 0 Å². The van der Waals surface area contributed by atoms with Gasteiger partial charge in [0, 0.05) is 23.5 Å². The fourth-order valence-corrected chi connectivity index (χ4v) is 3.40. The van der Waals surface area contributed by atoms with Crippen molar-refractivity contribution in [1.29, 1.82) is 0 Å². The number of nitrogens with one attached hydrogen (secondary N) is 1. The molecule has 1 aromatic heterocycles. The largest absolute Gasteiger partial charge is 0.424 e. The van der Waals surface area contributed by atoms with Crippen LogP contribution in [0.1, 0.15) is 40.0 Å². The maximum atomic E-state index is 12.6. The summed E-state index contributed by atoms with van der Waals surface area (Å²) < 4.78 is 5.74. The normalized spacial score (nSPS) is 11.6. The molecule has 0 saturated carbocycles. The molecule has 4 rings (SSSR count). The Bertz CT molecular complexity index is 1200. The predicted octanol–water partition coefficient (Wildman–Crippen LogP) is 6.04. The summed E-state index contributed by atoms with van der Waals surface area (Å²) in [6, 6.07) is 23.3. The zero-order valence-electron chi connectivity index (χ0n) is 18.4. The second-order valence-electron chi connectivity index (χ2n) is 7.80. The smallest absolute Gasteiger partial charge is 0.321 e. The number of carbonyl (C=O) groups is 1. The first-order valence-electron chi connectivity index (χ1n) is 10.5. The maximum absolute atomic E-state index is 12.6. The highest BCUT2D eigenvalue weighted by atomic mass is 16.5. The third-order valence-electron chi connectivity index (χ3n) is 5.33. The summed E-state index contributed by atoms with van der Waals surface area (Å²) in [7, 11) is 0. The first-order valence-corrected chi connectivity index (χ1v) is 10.5. The minimum absolute atomic E-state index is 0.0841. The molecular formula is C27H25N3O2. The van der Waals surface area contributed by atoms with Gasteiger partial charge in [-0.3, -0.25) is 4.79 Å². The topological polar surface area (TPSA) is 64.1 Å². The number of hydrogen-bond donors (Lipinski definition) is 1. The Balaban J connectivity index is 1.38. The molecule has 160 valence electrons. The van der Waals surface area contributed by atoms with Gasteiger partial charge in [-0.05, 0) is 61.7 Å². The maximum Gasteiger partial charge on any atom is 0.321 e. The highest BCUT2D eigenvalue weighted by molar-refractivity contribution is 5.94. The number of benzene rings is 3. The van der Waals surface area contributed by atoms with E-state index in [9.17, 15) is 4.79 Å². The molecule has 3 aromatic carbocycles. The van der Waals surface area contributed by atoms with E-state index in [2.05, 4.69) is 28.3 Å². The molecule has 0 unspecified atom stereocenters. The van der Waals surface area contributed by atoms with Crippen LogP contribution in [0.15, 0.2) is 85.2 Å². The van der Waals surface area contributed by atoms with Crippen molar-refractivity contribution in [2.45, 2.75) is 26.8 Å². The number of aryl methyl sites for hydroxylation is 2. The molecule has 0 aliphatic heterocycles. The lowest BCUT2D eigenvalue weighted by Crippen LogP contribution is -2.26. The van der Waals surface area contributed by atoms with E-state index in [0.29, 0.717) is 11.3 Å². The van der Waals surface area contributed by atoms with Gasteiger partial charge in [-0.25, -0.2) is 9.97 Å². The molecular weight excluding hydrogens is 398 g/mol. The van der Waals surface area contributed by atoms with Gasteiger partial charge in [0.1, 0.15) is 5.75 Å². The Kier molecular flexibility index (Phi) is 6.26. The van der Waals surface area contributed by atoms with Crippen molar-refractivity contribution < 1.29 is 9.53 Å². The summed E-state index contributed by atoms with van der Waals surface area (Å²) >= 11 is 0. The molecule has 1 atom stereocenters. The second-order valence-corrected chi connectivity index (χ2v) is 7.80. The number of nitrogens with zero attached hydrogens (tertiary/aromatic N) is 2. The Labute approximate surface area is 188 Å². The molecule has 0 fully saturated rings. The van der Waals surface area contributed by atoms with Crippen LogP contribution in [0.5, 0.6) is 11.8 Å². The Hall–Kier alpha value is -3.99. The molecule has 0 bridgehead atoms. The SMILES string of the molecule is Cc1ccc([C@@H](C)NC(=O)c2ccc(Oc3ncc(-c4ccccc4C)cn3)cc2)cc1. The van der Waals surface area contributed by atoms with Crippen LogP contribution in [0, 0.1) is 13.8 Å². The molecule has 5 heteroatoms. The van der Waals surface area contributed by atoms with E-state index >= 15 is 0 Å². The molecule has 0 spiro atoms. The van der Waals surface area contributed by atoms with Crippen molar-refractivity contribution >= 4 is 5.91 Å². The minimum Gasteiger partial charge on any atom is -0.424 e. The van der Waals surface area contributed by atoms with Crippen molar-refractivity contribution in [3.05, 3.63) is 107 Å². The highest BCUT2D eigenvalue weighted by Gasteiger charge is 2.12. The Morgan fingerprint density at radius 2 is 1.53 bits per heavy atom. The minimum atomic E-state index is -0.136. The third-order valence-corrected chi connectivity index (χ3v) is 5.33. The first-order chi connectivity index (χ1) is 15.5. The number of hydrogen-bond acceptors (Lipinski definition) is 4. The molecule has 0 aliphatic rings.